The Bertz CT molecular complexity index is 1530. The predicted octanol–water partition coefficient (Wildman–Crippen LogP) is 4.78. The van der Waals surface area contributed by atoms with Crippen molar-refractivity contribution in [2.24, 2.45) is 0 Å². The third-order valence-electron chi connectivity index (χ3n) is 5.87. The van der Waals surface area contributed by atoms with E-state index >= 15 is 0 Å². The first-order valence-electron chi connectivity index (χ1n) is 10.8. The van der Waals surface area contributed by atoms with Gasteiger partial charge in [-0.1, -0.05) is 41.7 Å². The molecule has 4 aromatic rings. The Morgan fingerprint density at radius 1 is 1.11 bits per heavy atom. The van der Waals surface area contributed by atoms with Gasteiger partial charge in [-0.2, -0.15) is 0 Å². The zero-order valence-electron chi connectivity index (χ0n) is 19.5. The number of para-hydroxylation sites is 1. The molecule has 0 fully saturated rings. The largest absolute Gasteiger partial charge is 0.503 e. The van der Waals surface area contributed by atoms with Gasteiger partial charge in [-0.05, 0) is 36.8 Å². The molecule has 10 heteroatoms. The van der Waals surface area contributed by atoms with Crippen LogP contribution in [-0.2, 0) is 9.53 Å². The second-order valence-electron chi connectivity index (χ2n) is 8.00. The van der Waals surface area contributed by atoms with Crippen molar-refractivity contribution in [3.8, 4) is 5.75 Å². The van der Waals surface area contributed by atoms with Crippen molar-refractivity contribution in [1.82, 2.24) is 4.98 Å². The summed E-state index contributed by atoms with van der Waals surface area (Å²) in [6.45, 7) is 1.61. The van der Waals surface area contributed by atoms with Gasteiger partial charge >= 0.3 is 5.97 Å². The highest BCUT2D eigenvalue weighted by molar-refractivity contribution is 7.17. The SMILES string of the molecule is COC(=O)c1sc(N2C(=O)C(O)=C(C(=O)c3cc4ccccc4o3)C2c2cccc(OC)c2)nc1C. The number of fused-ring (bicyclic) bond motifs is 1. The summed E-state index contributed by atoms with van der Waals surface area (Å²) in [7, 11) is 2.75. The maximum absolute atomic E-state index is 13.7. The number of methoxy groups -OCH3 is 2. The van der Waals surface area contributed by atoms with Crippen molar-refractivity contribution in [3.05, 3.63) is 87.8 Å². The highest BCUT2D eigenvalue weighted by Gasteiger charge is 2.47. The fourth-order valence-corrected chi connectivity index (χ4v) is 5.17. The molecule has 2 aromatic heterocycles. The molecule has 0 aliphatic carbocycles. The number of carbonyl (C=O) groups excluding carboxylic acids is 3. The number of nitrogens with zero attached hydrogens (tertiary/aromatic N) is 2. The molecule has 1 amide bonds. The zero-order valence-corrected chi connectivity index (χ0v) is 20.3. The van der Waals surface area contributed by atoms with Gasteiger partial charge in [-0.25, -0.2) is 9.78 Å². The van der Waals surface area contributed by atoms with E-state index in [4.69, 9.17) is 13.9 Å². The summed E-state index contributed by atoms with van der Waals surface area (Å²) in [5.74, 6) is -2.32. The number of hydrogen-bond acceptors (Lipinski definition) is 9. The topological polar surface area (TPSA) is 119 Å². The van der Waals surface area contributed by atoms with E-state index in [0.29, 0.717) is 28.0 Å². The number of aliphatic hydroxyl groups excluding tert-OH is 1. The van der Waals surface area contributed by atoms with Crippen molar-refractivity contribution in [3.63, 3.8) is 0 Å². The minimum atomic E-state index is -1.05. The first-order chi connectivity index (χ1) is 17.3. The number of ether oxygens (including phenoxy) is 2. The number of esters is 1. The molecule has 0 bridgehead atoms. The van der Waals surface area contributed by atoms with Gasteiger partial charge < -0.3 is 19.0 Å². The summed E-state index contributed by atoms with van der Waals surface area (Å²) >= 11 is 0.933. The monoisotopic (exact) mass is 504 g/mol. The lowest BCUT2D eigenvalue weighted by Crippen LogP contribution is -2.31. The van der Waals surface area contributed by atoms with Crippen LogP contribution in [0.3, 0.4) is 0 Å². The van der Waals surface area contributed by atoms with Gasteiger partial charge in [0.05, 0.1) is 31.5 Å². The Hall–Kier alpha value is -4.44. The highest BCUT2D eigenvalue weighted by atomic mass is 32.1. The lowest BCUT2D eigenvalue weighted by molar-refractivity contribution is -0.117. The number of ketones is 1. The van der Waals surface area contributed by atoms with Gasteiger partial charge in [-0.3, -0.25) is 14.5 Å². The van der Waals surface area contributed by atoms with Crippen LogP contribution in [0.5, 0.6) is 5.75 Å². The van der Waals surface area contributed by atoms with Crippen LogP contribution in [0.15, 0.2) is 70.3 Å². The van der Waals surface area contributed by atoms with E-state index in [1.165, 1.54) is 19.1 Å². The molecule has 0 radical (unpaired) electrons. The van der Waals surface area contributed by atoms with E-state index in [1.807, 2.05) is 6.07 Å². The number of hydrogen-bond donors (Lipinski definition) is 1. The fourth-order valence-electron chi connectivity index (χ4n) is 4.16. The van der Waals surface area contributed by atoms with Gasteiger partial charge in [-0.15, -0.1) is 0 Å². The minimum Gasteiger partial charge on any atom is -0.503 e. The van der Waals surface area contributed by atoms with Crippen LogP contribution < -0.4 is 9.64 Å². The molecule has 5 rings (SSSR count). The van der Waals surface area contributed by atoms with E-state index in [-0.39, 0.29) is 21.3 Å². The van der Waals surface area contributed by atoms with E-state index in [9.17, 15) is 19.5 Å². The number of aromatic nitrogens is 1. The number of rotatable bonds is 6. The smallest absolute Gasteiger partial charge is 0.350 e. The molecule has 1 N–H and O–H groups in total. The molecule has 1 aliphatic rings. The van der Waals surface area contributed by atoms with Gasteiger partial charge in [0.25, 0.3) is 5.91 Å². The first kappa shape index (κ1) is 23.3. The molecule has 1 atom stereocenters. The van der Waals surface area contributed by atoms with Crippen molar-refractivity contribution in [1.29, 1.82) is 0 Å². The number of aliphatic hydroxyl groups is 1. The van der Waals surface area contributed by atoms with E-state index in [2.05, 4.69) is 4.98 Å². The Labute approximate surface area is 209 Å². The second kappa shape index (κ2) is 8.97. The van der Waals surface area contributed by atoms with Crippen molar-refractivity contribution in [2.45, 2.75) is 13.0 Å². The highest BCUT2D eigenvalue weighted by Crippen LogP contribution is 2.44. The number of carbonyl (C=O) groups is 3. The lowest BCUT2D eigenvalue weighted by Gasteiger charge is -2.24. The fraction of sp³-hybridized carbons (Fsp3) is 0.154. The number of benzene rings is 2. The molecule has 9 nitrogen and oxygen atoms in total. The summed E-state index contributed by atoms with van der Waals surface area (Å²) in [6, 6.07) is 14.4. The predicted molar refractivity (Wildman–Crippen MR) is 132 cm³/mol. The van der Waals surface area contributed by atoms with Gasteiger partial charge in [0.2, 0.25) is 5.78 Å². The molecule has 0 saturated carbocycles. The number of Topliss-reactive ketones (excluding diaryl/α,β-unsaturated/α-hetero) is 1. The third-order valence-corrected chi connectivity index (χ3v) is 7.01. The van der Waals surface area contributed by atoms with Crippen LogP contribution in [0.2, 0.25) is 0 Å². The van der Waals surface area contributed by atoms with E-state index < -0.39 is 29.5 Å². The summed E-state index contributed by atoms with van der Waals surface area (Å²) in [6.07, 6.45) is 0. The van der Waals surface area contributed by atoms with Crippen LogP contribution in [0.4, 0.5) is 5.13 Å². The van der Waals surface area contributed by atoms with Crippen molar-refractivity contribution < 1.29 is 33.4 Å². The molecule has 1 unspecified atom stereocenters. The Balaban J connectivity index is 1.67. The number of thiazole rings is 1. The minimum absolute atomic E-state index is 0.0223. The molecule has 0 spiro atoms. The number of furan rings is 1. The first-order valence-corrected chi connectivity index (χ1v) is 11.6. The third kappa shape index (κ3) is 3.72. The van der Waals surface area contributed by atoms with Crippen molar-refractivity contribution in [2.75, 3.05) is 19.1 Å². The second-order valence-corrected chi connectivity index (χ2v) is 8.97. The quantitative estimate of drug-likeness (QED) is 0.294. The molecule has 0 saturated heterocycles. The normalized spacial score (nSPS) is 15.6. The van der Waals surface area contributed by atoms with Gasteiger partial charge in [0.15, 0.2) is 16.7 Å². The van der Waals surface area contributed by atoms with Crippen LogP contribution in [0.1, 0.15) is 37.5 Å². The van der Waals surface area contributed by atoms with Crippen LogP contribution in [0.25, 0.3) is 11.0 Å². The van der Waals surface area contributed by atoms with Crippen LogP contribution >= 0.6 is 11.3 Å². The summed E-state index contributed by atoms with van der Waals surface area (Å²) < 4.78 is 15.9. The summed E-state index contributed by atoms with van der Waals surface area (Å²) in [5, 5.41) is 11.8. The maximum atomic E-state index is 13.7. The zero-order chi connectivity index (χ0) is 25.6. The average molecular weight is 505 g/mol. The Morgan fingerprint density at radius 3 is 2.61 bits per heavy atom. The van der Waals surface area contributed by atoms with E-state index in [0.717, 1.165) is 11.3 Å². The molecule has 182 valence electrons. The number of anilines is 1. The molecule has 2 aromatic carbocycles. The molecule has 36 heavy (non-hydrogen) atoms. The summed E-state index contributed by atoms with van der Waals surface area (Å²) in [4.78, 5) is 45.1. The summed E-state index contributed by atoms with van der Waals surface area (Å²) in [5.41, 5.74) is 1.19. The average Bonchev–Trinajstić information content (AvgIpc) is 3.57. The Kier molecular flexibility index (Phi) is 5.81. The molecular formula is C26H20N2O7S. The molecular weight excluding hydrogens is 484 g/mol. The van der Waals surface area contributed by atoms with Crippen molar-refractivity contribution >= 4 is 45.1 Å². The van der Waals surface area contributed by atoms with Gasteiger partial charge in [0.1, 0.15) is 16.2 Å². The number of aryl methyl sites for hydroxylation is 1. The Morgan fingerprint density at radius 2 is 1.89 bits per heavy atom. The van der Waals surface area contributed by atoms with Crippen LogP contribution in [0, 0.1) is 6.92 Å². The maximum Gasteiger partial charge on any atom is 0.350 e. The molecule has 1 aliphatic heterocycles. The number of amides is 1. The van der Waals surface area contributed by atoms with Gasteiger partial charge in [0, 0.05) is 5.39 Å². The molecule has 3 heterocycles. The standard InChI is InChI=1S/C26H20N2O7S/c1-13-23(25(32)34-3)36-26(27-13)28-20(15-8-6-9-16(11-15)33-2)19(22(30)24(28)31)21(29)18-12-14-7-4-5-10-17(14)35-18/h4-12,20,30H,1-3H3. The lowest BCUT2D eigenvalue weighted by atomic mass is 9.95. The van der Waals surface area contributed by atoms with E-state index in [1.54, 1.807) is 55.5 Å². The van der Waals surface area contributed by atoms with Crippen LogP contribution in [-0.4, -0.2) is 42.0 Å².